The van der Waals surface area contributed by atoms with Gasteiger partial charge in [-0.1, -0.05) is 0 Å². The van der Waals surface area contributed by atoms with Crippen LogP contribution in [0.15, 0.2) is 18.2 Å². The summed E-state index contributed by atoms with van der Waals surface area (Å²) in [6, 6.07) is 6.34. The van der Waals surface area contributed by atoms with Crippen molar-refractivity contribution in [2.75, 3.05) is 27.4 Å². The van der Waals surface area contributed by atoms with Crippen LogP contribution < -0.4 is 14.8 Å². The fourth-order valence-corrected chi connectivity index (χ4v) is 1.93. The van der Waals surface area contributed by atoms with Gasteiger partial charge in [0.05, 0.1) is 13.7 Å². The predicted octanol–water partition coefficient (Wildman–Crippen LogP) is 1.33. The molecule has 0 aromatic heterocycles. The van der Waals surface area contributed by atoms with Crippen molar-refractivity contribution < 1.29 is 19.3 Å². The molecule has 1 aromatic carbocycles. The molecule has 1 atom stereocenters. The zero-order valence-corrected chi connectivity index (χ0v) is 12.1. The largest absolute Gasteiger partial charge is 0.497 e. The van der Waals surface area contributed by atoms with Crippen LogP contribution in [0.3, 0.4) is 0 Å². The molecule has 1 fully saturated rings. The third-order valence-electron chi connectivity index (χ3n) is 3.22. The third-order valence-corrected chi connectivity index (χ3v) is 3.22. The van der Waals surface area contributed by atoms with Gasteiger partial charge in [-0.25, -0.2) is 0 Å². The van der Waals surface area contributed by atoms with Crippen LogP contribution in [0.25, 0.3) is 0 Å². The molecule has 1 saturated carbocycles. The topological polar surface area (TPSA) is 60.0 Å². The molecule has 1 aromatic rings. The van der Waals surface area contributed by atoms with Crippen molar-refractivity contribution in [1.29, 1.82) is 0 Å². The van der Waals surface area contributed by atoms with Gasteiger partial charge in [-0.2, -0.15) is 0 Å². The molecule has 5 heteroatoms. The van der Waals surface area contributed by atoms with Crippen molar-refractivity contribution in [2.24, 2.45) is 0 Å². The van der Waals surface area contributed by atoms with Crippen molar-refractivity contribution in [3.05, 3.63) is 23.8 Å². The monoisotopic (exact) mass is 281 g/mol. The molecule has 5 nitrogen and oxygen atoms in total. The minimum Gasteiger partial charge on any atom is -0.497 e. The van der Waals surface area contributed by atoms with E-state index in [0.29, 0.717) is 6.04 Å². The smallest absolute Gasteiger partial charge is 0.124 e. The van der Waals surface area contributed by atoms with Gasteiger partial charge in [0.2, 0.25) is 0 Å². The van der Waals surface area contributed by atoms with Gasteiger partial charge in [0.25, 0.3) is 0 Å². The molecule has 112 valence electrons. The molecule has 1 aliphatic rings. The molecular formula is C15H23NO4. The number of aliphatic hydroxyl groups excluding tert-OH is 1. The van der Waals surface area contributed by atoms with Gasteiger partial charge in [0.15, 0.2) is 0 Å². The van der Waals surface area contributed by atoms with Gasteiger partial charge in [0, 0.05) is 25.3 Å². The molecule has 0 saturated heterocycles. The normalized spacial score (nSPS) is 15.9. The lowest BCUT2D eigenvalue weighted by Gasteiger charge is -2.16. The Labute approximate surface area is 119 Å². The van der Waals surface area contributed by atoms with Crippen LogP contribution in [0.4, 0.5) is 0 Å². The highest BCUT2D eigenvalue weighted by Crippen LogP contribution is 2.26. The number of rotatable bonds is 9. The summed E-state index contributed by atoms with van der Waals surface area (Å²) in [7, 11) is 3.21. The summed E-state index contributed by atoms with van der Waals surface area (Å²) >= 11 is 0. The van der Waals surface area contributed by atoms with E-state index in [1.165, 1.54) is 12.8 Å². The van der Waals surface area contributed by atoms with E-state index >= 15 is 0 Å². The number of methoxy groups -OCH3 is 2. The summed E-state index contributed by atoms with van der Waals surface area (Å²) in [6.07, 6.45) is 1.87. The zero-order valence-electron chi connectivity index (χ0n) is 12.1. The van der Waals surface area contributed by atoms with Gasteiger partial charge in [0.1, 0.15) is 24.2 Å². The number of hydrogen-bond donors (Lipinski definition) is 2. The predicted molar refractivity (Wildman–Crippen MR) is 76.2 cm³/mol. The average Bonchev–Trinajstić information content (AvgIpc) is 3.27. The Hall–Kier alpha value is -1.30. The third kappa shape index (κ3) is 4.67. The first-order chi connectivity index (χ1) is 9.72. The van der Waals surface area contributed by atoms with Crippen molar-refractivity contribution in [2.45, 2.75) is 31.5 Å². The number of benzene rings is 1. The number of nitrogens with one attached hydrogen (secondary N) is 1. The molecule has 0 spiro atoms. The van der Waals surface area contributed by atoms with E-state index in [4.69, 9.17) is 14.2 Å². The second kappa shape index (κ2) is 7.47. The van der Waals surface area contributed by atoms with Crippen LogP contribution in [-0.4, -0.2) is 44.7 Å². The number of aliphatic hydroxyl groups is 1. The van der Waals surface area contributed by atoms with Crippen LogP contribution in [0.1, 0.15) is 18.4 Å². The first-order valence-corrected chi connectivity index (χ1v) is 6.93. The van der Waals surface area contributed by atoms with Crippen LogP contribution >= 0.6 is 0 Å². The summed E-state index contributed by atoms with van der Waals surface area (Å²) in [5.41, 5.74) is 1.04. The molecule has 0 bridgehead atoms. The molecular weight excluding hydrogens is 258 g/mol. The van der Waals surface area contributed by atoms with Gasteiger partial charge < -0.3 is 24.6 Å². The molecule has 1 unspecified atom stereocenters. The van der Waals surface area contributed by atoms with E-state index in [1.54, 1.807) is 14.2 Å². The minimum absolute atomic E-state index is 0.219. The Bertz CT molecular complexity index is 420. The quantitative estimate of drug-likeness (QED) is 0.715. The zero-order chi connectivity index (χ0) is 14.4. The van der Waals surface area contributed by atoms with Crippen molar-refractivity contribution in [3.8, 4) is 11.5 Å². The van der Waals surface area contributed by atoms with Crippen LogP contribution in [-0.2, 0) is 11.3 Å². The first kappa shape index (κ1) is 15.1. The Kier molecular flexibility index (Phi) is 5.64. The molecule has 1 aliphatic carbocycles. The maximum atomic E-state index is 9.64. The van der Waals surface area contributed by atoms with Crippen LogP contribution in [0.2, 0.25) is 0 Å². The second-order valence-electron chi connectivity index (χ2n) is 5.05. The van der Waals surface area contributed by atoms with E-state index in [2.05, 4.69) is 5.32 Å². The lowest BCUT2D eigenvalue weighted by atomic mass is 10.2. The van der Waals surface area contributed by atoms with Crippen LogP contribution in [0.5, 0.6) is 11.5 Å². The van der Waals surface area contributed by atoms with Gasteiger partial charge in [-0.3, -0.25) is 0 Å². The standard InChI is InChI=1S/C15H23NO4/c1-18-9-13(17)10-20-15-6-5-14(19-2)7-11(15)8-16-12-3-4-12/h5-7,12-13,16-17H,3-4,8-10H2,1-2H3. The number of hydrogen-bond acceptors (Lipinski definition) is 5. The first-order valence-electron chi connectivity index (χ1n) is 6.93. The van der Waals surface area contributed by atoms with Crippen LogP contribution in [0, 0.1) is 0 Å². The van der Waals surface area contributed by atoms with E-state index in [0.717, 1.165) is 23.6 Å². The fourth-order valence-electron chi connectivity index (χ4n) is 1.93. The van der Waals surface area contributed by atoms with Gasteiger partial charge in [-0.05, 0) is 31.0 Å². The Balaban J connectivity index is 1.96. The maximum Gasteiger partial charge on any atom is 0.124 e. The van der Waals surface area contributed by atoms with E-state index in [9.17, 15) is 5.11 Å². The minimum atomic E-state index is -0.619. The number of ether oxygens (including phenoxy) is 3. The van der Waals surface area contributed by atoms with Crippen molar-refractivity contribution in [3.63, 3.8) is 0 Å². The fraction of sp³-hybridized carbons (Fsp3) is 0.600. The lowest BCUT2D eigenvalue weighted by molar-refractivity contribution is 0.0323. The molecule has 2 N–H and O–H groups in total. The highest BCUT2D eigenvalue weighted by atomic mass is 16.5. The lowest BCUT2D eigenvalue weighted by Crippen LogP contribution is -2.23. The van der Waals surface area contributed by atoms with E-state index in [1.807, 2.05) is 18.2 Å². The highest BCUT2D eigenvalue weighted by Gasteiger charge is 2.21. The van der Waals surface area contributed by atoms with E-state index < -0.39 is 6.10 Å². The van der Waals surface area contributed by atoms with Crippen molar-refractivity contribution in [1.82, 2.24) is 5.32 Å². The Morgan fingerprint density at radius 3 is 2.75 bits per heavy atom. The Morgan fingerprint density at radius 2 is 2.10 bits per heavy atom. The SMILES string of the molecule is COCC(O)COc1ccc(OC)cc1CNC1CC1. The van der Waals surface area contributed by atoms with Gasteiger partial charge in [-0.15, -0.1) is 0 Å². The average molecular weight is 281 g/mol. The maximum absolute atomic E-state index is 9.64. The molecule has 0 heterocycles. The molecule has 0 radical (unpaired) electrons. The summed E-state index contributed by atoms with van der Waals surface area (Å²) in [4.78, 5) is 0. The summed E-state index contributed by atoms with van der Waals surface area (Å²) < 4.78 is 15.8. The van der Waals surface area contributed by atoms with Crippen molar-refractivity contribution >= 4 is 0 Å². The molecule has 20 heavy (non-hydrogen) atoms. The summed E-state index contributed by atoms with van der Waals surface area (Å²) in [5.74, 6) is 1.58. The van der Waals surface area contributed by atoms with E-state index in [-0.39, 0.29) is 13.2 Å². The summed E-state index contributed by atoms with van der Waals surface area (Å²) in [5, 5.41) is 13.1. The summed E-state index contributed by atoms with van der Waals surface area (Å²) in [6.45, 7) is 1.24. The Morgan fingerprint density at radius 1 is 1.30 bits per heavy atom. The van der Waals surface area contributed by atoms with Gasteiger partial charge >= 0.3 is 0 Å². The molecule has 0 aliphatic heterocycles. The highest BCUT2D eigenvalue weighted by molar-refractivity contribution is 5.40. The molecule has 0 amide bonds. The molecule has 2 rings (SSSR count). The second-order valence-corrected chi connectivity index (χ2v) is 5.05.